The molecule has 1 nitrogen and oxygen atoms in total. The topological polar surface area (TPSA) is 17.1 Å². The summed E-state index contributed by atoms with van der Waals surface area (Å²) in [4.78, 5) is 12.7. The van der Waals surface area contributed by atoms with Crippen LogP contribution in [0.2, 0.25) is 10.0 Å². The quantitative estimate of drug-likeness (QED) is 0.650. The highest BCUT2D eigenvalue weighted by molar-refractivity contribution is 9.10. The van der Waals surface area contributed by atoms with Gasteiger partial charge in [-0.2, -0.15) is 0 Å². The lowest BCUT2D eigenvalue weighted by atomic mass is 10.2. The summed E-state index contributed by atoms with van der Waals surface area (Å²) in [6, 6.07) is 10.8. The van der Waals surface area contributed by atoms with Gasteiger partial charge in [0.1, 0.15) is 0 Å². The molecule has 0 aliphatic heterocycles. The first-order valence-corrected chi connectivity index (χ1v) is 7.34. The number of rotatable bonds is 3. The molecule has 0 aliphatic carbocycles. The van der Waals surface area contributed by atoms with Crippen molar-refractivity contribution >= 4 is 57.2 Å². The maximum atomic E-state index is 11.0. The third-order valence-corrected chi connectivity index (χ3v) is 4.53. The summed E-state index contributed by atoms with van der Waals surface area (Å²) in [6.45, 7) is 0. The highest BCUT2D eigenvalue weighted by atomic mass is 79.9. The summed E-state index contributed by atoms with van der Waals surface area (Å²) in [5, 5.41) is 1.23. The van der Waals surface area contributed by atoms with Crippen molar-refractivity contribution in [3.05, 3.63) is 56.5 Å². The molecule has 0 saturated heterocycles. The van der Waals surface area contributed by atoms with Gasteiger partial charge in [-0.1, -0.05) is 50.9 Å². The Kier molecular flexibility index (Phi) is 4.73. The second-order valence-corrected chi connectivity index (χ2v) is 6.32. The Bertz CT molecular complexity index is 602. The highest BCUT2D eigenvalue weighted by Gasteiger charge is 2.08. The highest BCUT2D eigenvalue weighted by Crippen LogP contribution is 2.37. The summed E-state index contributed by atoms with van der Waals surface area (Å²) in [7, 11) is 0. The molecule has 18 heavy (non-hydrogen) atoms. The Morgan fingerprint density at radius 2 is 1.83 bits per heavy atom. The standard InChI is InChI=1S/C13H7BrCl2OS/c14-9-1-4-12(8(5-9)7-17)18-13-6-10(15)2-3-11(13)16/h1-7H. The molecule has 0 amide bonds. The largest absolute Gasteiger partial charge is 0.298 e. The van der Waals surface area contributed by atoms with Crippen LogP contribution in [0.1, 0.15) is 10.4 Å². The van der Waals surface area contributed by atoms with Crippen LogP contribution in [-0.2, 0) is 0 Å². The Hall–Kier alpha value is -0.480. The molecular formula is C13H7BrCl2OS. The molecule has 5 heteroatoms. The van der Waals surface area contributed by atoms with Gasteiger partial charge in [0.2, 0.25) is 0 Å². The fraction of sp³-hybridized carbons (Fsp3) is 0. The lowest BCUT2D eigenvalue weighted by Gasteiger charge is -2.07. The van der Waals surface area contributed by atoms with Gasteiger partial charge >= 0.3 is 0 Å². The van der Waals surface area contributed by atoms with E-state index in [-0.39, 0.29) is 0 Å². The van der Waals surface area contributed by atoms with Crippen molar-refractivity contribution in [2.24, 2.45) is 0 Å². The molecule has 0 aliphatic rings. The van der Waals surface area contributed by atoms with Crippen molar-refractivity contribution < 1.29 is 4.79 Å². The Labute approximate surface area is 128 Å². The van der Waals surface area contributed by atoms with Crippen LogP contribution >= 0.6 is 50.9 Å². The summed E-state index contributed by atoms with van der Waals surface area (Å²) in [5.41, 5.74) is 0.616. The minimum atomic E-state index is 0.615. The van der Waals surface area contributed by atoms with Crippen molar-refractivity contribution in [1.29, 1.82) is 0 Å². The smallest absolute Gasteiger partial charge is 0.151 e. The minimum Gasteiger partial charge on any atom is -0.298 e. The van der Waals surface area contributed by atoms with E-state index in [2.05, 4.69) is 15.9 Å². The number of hydrogen-bond donors (Lipinski definition) is 0. The molecular weight excluding hydrogens is 355 g/mol. The van der Waals surface area contributed by atoms with Gasteiger partial charge in [-0.15, -0.1) is 0 Å². The zero-order valence-electron chi connectivity index (χ0n) is 8.99. The van der Waals surface area contributed by atoms with Gasteiger partial charge in [0.15, 0.2) is 6.29 Å². The SMILES string of the molecule is O=Cc1cc(Br)ccc1Sc1cc(Cl)ccc1Cl. The van der Waals surface area contributed by atoms with Crippen molar-refractivity contribution in [3.63, 3.8) is 0 Å². The van der Waals surface area contributed by atoms with E-state index in [1.54, 1.807) is 24.3 Å². The van der Waals surface area contributed by atoms with Crippen LogP contribution in [0, 0.1) is 0 Å². The monoisotopic (exact) mass is 360 g/mol. The minimum absolute atomic E-state index is 0.615. The number of benzene rings is 2. The molecule has 0 fully saturated rings. The van der Waals surface area contributed by atoms with Crippen molar-refractivity contribution in [1.82, 2.24) is 0 Å². The third kappa shape index (κ3) is 3.29. The molecule has 0 unspecified atom stereocenters. The second kappa shape index (κ2) is 6.11. The van der Waals surface area contributed by atoms with Crippen LogP contribution in [0.15, 0.2) is 50.7 Å². The van der Waals surface area contributed by atoms with Crippen molar-refractivity contribution in [2.75, 3.05) is 0 Å². The summed E-state index contributed by atoms with van der Waals surface area (Å²) < 4.78 is 0.867. The molecule has 0 spiro atoms. The summed E-state index contributed by atoms with van der Waals surface area (Å²) >= 11 is 16.8. The maximum Gasteiger partial charge on any atom is 0.151 e. The fourth-order valence-electron chi connectivity index (χ4n) is 1.38. The first-order chi connectivity index (χ1) is 8.60. The van der Waals surface area contributed by atoms with Gasteiger partial charge in [-0.25, -0.2) is 0 Å². The van der Waals surface area contributed by atoms with Gasteiger partial charge < -0.3 is 0 Å². The number of carbonyl (C=O) groups is 1. The van der Waals surface area contributed by atoms with E-state index in [0.717, 1.165) is 20.5 Å². The van der Waals surface area contributed by atoms with E-state index in [9.17, 15) is 4.79 Å². The van der Waals surface area contributed by atoms with E-state index in [4.69, 9.17) is 23.2 Å². The van der Waals surface area contributed by atoms with Gasteiger partial charge in [-0.3, -0.25) is 4.79 Å². The molecule has 2 rings (SSSR count). The van der Waals surface area contributed by atoms with E-state index in [1.165, 1.54) is 11.8 Å². The second-order valence-electron chi connectivity index (χ2n) is 3.48. The van der Waals surface area contributed by atoms with Crippen molar-refractivity contribution in [3.8, 4) is 0 Å². The lowest BCUT2D eigenvalue weighted by molar-refractivity contribution is 0.112. The van der Waals surface area contributed by atoms with Gasteiger partial charge in [-0.05, 0) is 36.4 Å². The number of halogens is 3. The first-order valence-electron chi connectivity index (χ1n) is 4.98. The normalized spacial score (nSPS) is 10.4. The maximum absolute atomic E-state index is 11.0. The third-order valence-electron chi connectivity index (χ3n) is 2.21. The zero-order chi connectivity index (χ0) is 13.1. The van der Waals surface area contributed by atoms with E-state index < -0.39 is 0 Å². The van der Waals surface area contributed by atoms with Crippen LogP contribution in [0.3, 0.4) is 0 Å². The van der Waals surface area contributed by atoms with Crippen LogP contribution < -0.4 is 0 Å². The summed E-state index contributed by atoms with van der Waals surface area (Å²) in [5.74, 6) is 0. The Balaban J connectivity index is 2.39. The van der Waals surface area contributed by atoms with Crippen molar-refractivity contribution in [2.45, 2.75) is 9.79 Å². The fourth-order valence-corrected chi connectivity index (χ4v) is 3.18. The van der Waals surface area contributed by atoms with Crippen LogP contribution in [0.4, 0.5) is 0 Å². The van der Waals surface area contributed by atoms with Crippen LogP contribution in [-0.4, -0.2) is 6.29 Å². The molecule has 0 atom stereocenters. The number of hydrogen-bond acceptors (Lipinski definition) is 2. The molecule has 2 aromatic rings. The number of carbonyl (C=O) groups excluding carboxylic acids is 1. The molecule has 0 bridgehead atoms. The average Bonchev–Trinajstić information content (AvgIpc) is 2.36. The first kappa shape index (κ1) is 13.9. The summed E-state index contributed by atoms with van der Waals surface area (Å²) in [6.07, 6.45) is 0.825. The Morgan fingerprint density at radius 3 is 2.56 bits per heavy atom. The van der Waals surface area contributed by atoms with Crippen LogP contribution in [0.5, 0.6) is 0 Å². The van der Waals surface area contributed by atoms with E-state index in [0.29, 0.717) is 15.6 Å². The molecule has 0 N–H and O–H groups in total. The molecule has 0 radical (unpaired) electrons. The van der Waals surface area contributed by atoms with Gasteiger partial charge in [0.05, 0.1) is 5.02 Å². The molecule has 0 heterocycles. The molecule has 0 saturated carbocycles. The molecule has 92 valence electrons. The lowest BCUT2D eigenvalue weighted by Crippen LogP contribution is -1.85. The van der Waals surface area contributed by atoms with E-state index >= 15 is 0 Å². The number of aldehydes is 1. The van der Waals surface area contributed by atoms with Gasteiger partial charge in [0, 0.05) is 24.8 Å². The Morgan fingerprint density at radius 1 is 1.06 bits per heavy atom. The average molecular weight is 362 g/mol. The van der Waals surface area contributed by atoms with Gasteiger partial charge in [0.25, 0.3) is 0 Å². The predicted molar refractivity (Wildman–Crippen MR) is 80.1 cm³/mol. The van der Waals surface area contributed by atoms with E-state index in [1.807, 2.05) is 12.1 Å². The molecule has 0 aromatic heterocycles. The molecule has 2 aromatic carbocycles. The predicted octanol–water partition coefficient (Wildman–Crippen LogP) is 5.72. The zero-order valence-corrected chi connectivity index (χ0v) is 12.9. The van der Waals surface area contributed by atoms with Crippen LogP contribution in [0.25, 0.3) is 0 Å².